The molecule has 0 spiro atoms. The molecule has 2 N–H and O–H groups in total. The van der Waals surface area contributed by atoms with Gasteiger partial charge >= 0.3 is 0 Å². The highest BCUT2D eigenvalue weighted by atomic mass is 16.5. The van der Waals surface area contributed by atoms with Crippen LogP contribution in [0.15, 0.2) is 4.52 Å². The molecule has 94 valence electrons. The molecule has 0 aromatic carbocycles. The minimum Gasteiger partial charge on any atom is -0.349 e. The molecule has 1 aliphatic rings. The third-order valence-corrected chi connectivity index (χ3v) is 2.97. The number of hydrogen-bond donors (Lipinski definition) is 2. The highest BCUT2D eigenvalue weighted by molar-refractivity contribution is 5.90. The summed E-state index contributed by atoms with van der Waals surface area (Å²) in [7, 11) is 0. The fraction of sp³-hybridized carbons (Fsp3) is 0.727. The van der Waals surface area contributed by atoms with Crippen molar-refractivity contribution >= 4 is 5.91 Å². The highest BCUT2D eigenvalue weighted by Crippen LogP contribution is 2.12. The number of carbonyl (C=O) groups excluding carboxylic acids is 1. The van der Waals surface area contributed by atoms with Crippen LogP contribution in [0.5, 0.6) is 0 Å². The lowest BCUT2D eigenvalue weighted by atomic mass is 9.96. The lowest BCUT2D eigenvalue weighted by Crippen LogP contribution is -2.33. The Morgan fingerprint density at radius 1 is 1.65 bits per heavy atom. The molecule has 0 saturated carbocycles. The van der Waals surface area contributed by atoms with Gasteiger partial charge in [0.1, 0.15) is 0 Å². The molecule has 6 nitrogen and oxygen atoms in total. The monoisotopic (exact) mass is 238 g/mol. The molecule has 1 aromatic heterocycles. The number of carbonyl (C=O) groups is 1. The van der Waals surface area contributed by atoms with Crippen LogP contribution < -0.4 is 10.6 Å². The first kappa shape index (κ1) is 12.0. The van der Waals surface area contributed by atoms with Crippen molar-refractivity contribution in [1.82, 2.24) is 20.8 Å². The number of nitrogens with one attached hydrogen (secondary N) is 2. The van der Waals surface area contributed by atoms with Gasteiger partial charge in [-0.2, -0.15) is 4.98 Å². The second-order valence-electron chi connectivity index (χ2n) is 4.39. The molecule has 0 bridgehead atoms. The summed E-state index contributed by atoms with van der Waals surface area (Å²) in [6, 6.07) is 0. The van der Waals surface area contributed by atoms with Gasteiger partial charge in [0, 0.05) is 13.5 Å². The van der Waals surface area contributed by atoms with Gasteiger partial charge in [-0.15, -0.1) is 0 Å². The number of amides is 1. The van der Waals surface area contributed by atoms with E-state index in [1.54, 1.807) is 6.92 Å². The molecule has 1 atom stereocenters. The Labute approximate surface area is 100 Å². The molecule has 6 heteroatoms. The molecule has 1 saturated heterocycles. The Bertz CT molecular complexity index is 371. The number of aryl methyl sites for hydroxylation is 1. The zero-order valence-corrected chi connectivity index (χ0v) is 10.0. The fourth-order valence-electron chi connectivity index (χ4n) is 2.03. The summed E-state index contributed by atoms with van der Waals surface area (Å²) < 4.78 is 4.75. The largest absolute Gasteiger partial charge is 0.349 e. The minimum atomic E-state index is -0.259. The van der Waals surface area contributed by atoms with Crippen molar-refractivity contribution in [2.45, 2.75) is 26.2 Å². The molecule has 1 unspecified atom stereocenters. The first-order chi connectivity index (χ1) is 8.25. The Balaban J connectivity index is 1.69. The fourth-order valence-corrected chi connectivity index (χ4v) is 2.03. The molecule has 0 aliphatic carbocycles. The SMILES string of the molecule is Cc1nc(C(=O)NCCC2CCCNC2)no1. The van der Waals surface area contributed by atoms with Crippen LogP contribution in [0, 0.1) is 12.8 Å². The van der Waals surface area contributed by atoms with E-state index in [2.05, 4.69) is 20.8 Å². The molecule has 17 heavy (non-hydrogen) atoms. The molecule has 1 fully saturated rings. The average molecular weight is 238 g/mol. The molecule has 2 rings (SSSR count). The van der Waals surface area contributed by atoms with Gasteiger partial charge in [-0.05, 0) is 38.3 Å². The Hall–Kier alpha value is -1.43. The smallest absolute Gasteiger partial charge is 0.292 e. The maximum Gasteiger partial charge on any atom is 0.292 e. The Morgan fingerprint density at radius 3 is 3.18 bits per heavy atom. The van der Waals surface area contributed by atoms with Crippen molar-refractivity contribution in [3.8, 4) is 0 Å². The number of nitrogens with zero attached hydrogens (tertiary/aromatic N) is 2. The molecule has 2 heterocycles. The van der Waals surface area contributed by atoms with E-state index in [1.807, 2.05) is 0 Å². The maximum absolute atomic E-state index is 11.6. The van der Waals surface area contributed by atoms with Gasteiger partial charge in [0.25, 0.3) is 11.7 Å². The Morgan fingerprint density at radius 2 is 2.53 bits per heavy atom. The lowest BCUT2D eigenvalue weighted by Gasteiger charge is -2.22. The summed E-state index contributed by atoms with van der Waals surface area (Å²) in [4.78, 5) is 15.5. The number of hydrogen-bond acceptors (Lipinski definition) is 5. The van der Waals surface area contributed by atoms with E-state index in [-0.39, 0.29) is 11.7 Å². The third-order valence-electron chi connectivity index (χ3n) is 2.97. The van der Waals surface area contributed by atoms with Crippen molar-refractivity contribution in [2.24, 2.45) is 5.92 Å². The maximum atomic E-state index is 11.6. The number of aromatic nitrogens is 2. The highest BCUT2D eigenvalue weighted by Gasteiger charge is 2.15. The van der Waals surface area contributed by atoms with E-state index < -0.39 is 0 Å². The van der Waals surface area contributed by atoms with Gasteiger partial charge in [-0.25, -0.2) is 0 Å². The molecule has 1 aromatic rings. The topological polar surface area (TPSA) is 80.0 Å². The number of rotatable bonds is 4. The van der Waals surface area contributed by atoms with Crippen molar-refractivity contribution in [3.63, 3.8) is 0 Å². The van der Waals surface area contributed by atoms with Crippen LogP contribution in [-0.2, 0) is 0 Å². The normalized spacial score (nSPS) is 20.2. The standard InChI is InChI=1S/C11H18N4O2/c1-8-14-10(15-17-8)11(16)13-6-4-9-3-2-5-12-7-9/h9,12H,2-7H2,1H3,(H,13,16). The van der Waals surface area contributed by atoms with Crippen LogP contribution >= 0.6 is 0 Å². The van der Waals surface area contributed by atoms with E-state index >= 15 is 0 Å². The number of piperidine rings is 1. The summed E-state index contributed by atoms with van der Waals surface area (Å²) >= 11 is 0. The van der Waals surface area contributed by atoms with Crippen molar-refractivity contribution in [3.05, 3.63) is 11.7 Å². The quantitative estimate of drug-likeness (QED) is 0.798. The molecular weight excluding hydrogens is 220 g/mol. The summed E-state index contributed by atoms with van der Waals surface area (Å²) in [6.45, 7) is 4.50. The summed E-state index contributed by atoms with van der Waals surface area (Å²) in [5.74, 6) is 0.928. The van der Waals surface area contributed by atoms with Gasteiger partial charge in [-0.1, -0.05) is 5.16 Å². The molecule has 0 radical (unpaired) electrons. The van der Waals surface area contributed by atoms with Crippen LogP contribution in [0.25, 0.3) is 0 Å². The summed E-state index contributed by atoms with van der Waals surface area (Å²) in [5.41, 5.74) is 0. The van der Waals surface area contributed by atoms with E-state index in [4.69, 9.17) is 4.52 Å². The first-order valence-electron chi connectivity index (χ1n) is 6.05. The van der Waals surface area contributed by atoms with Gasteiger partial charge in [0.05, 0.1) is 0 Å². The zero-order chi connectivity index (χ0) is 12.1. The van der Waals surface area contributed by atoms with Crippen LogP contribution in [-0.4, -0.2) is 35.7 Å². The van der Waals surface area contributed by atoms with Gasteiger partial charge in [0.15, 0.2) is 0 Å². The second-order valence-corrected chi connectivity index (χ2v) is 4.39. The average Bonchev–Trinajstić information content (AvgIpc) is 2.77. The minimum absolute atomic E-state index is 0.115. The third kappa shape index (κ3) is 3.52. The zero-order valence-electron chi connectivity index (χ0n) is 10.0. The van der Waals surface area contributed by atoms with Crippen molar-refractivity contribution < 1.29 is 9.32 Å². The second kappa shape index (κ2) is 5.77. The Kier molecular flexibility index (Phi) is 4.08. The van der Waals surface area contributed by atoms with Gasteiger partial charge in [0.2, 0.25) is 5.89 Å². The van der Waals surface area contributed by atoms with Crippen LogP contribution in [0.1, 0.15) is 35.8 Å². The molecule has 1 aliphatic heterocycles. The van der Waals surface area contributed by atoms with E-state index in [0.29, 0.717) is 18.4 Å². The molecular formula is C11H18N4O2. The lowest BCUT2D eigenvalue weighted by molar-refractivity contribution is 0.0937. The van der Waals surface area contributed by atoms with Crippen molar-refractivity contribution in [2.75, 3.05) is 19.6 Å². The van der Waals surface area contributed by atoms with Crippen molar-refractivity contribution in [1.29, 1.82) is 0 Å². The first-order valence-corrected chi connectivity index (χ1v) is 6.05. The van der Waals surface area contributed by atoms with Crippen LogP contribution in [0.4, 0.5) is 0 Å². The van der Waals surface area contributed by atoms with E-state index in [9.17, 15) is 4.79 Å². The van der Waals surface area contributed by atoms with E-state index in [0.717, 1.165) is 19.5 Å². The van der Waals surface area contributed by atoms with Gasteiger partial charge in [-0.3, -0.25) is 4.79 Å². The predicted octanol–water partition coefficient (Wildman–Crippen LogP) is 0.498. The van der Waals surface area contributed by atoms with Gasteiger partial charge < -0.3 is 15.2 Å². The summed E-state index contributed by atoms with van der Waals surface area (Å²) in [6.07, 6.45) is 3.46. The van der Waals surface area contributed by atoms with Crippen LogP contribution in [0.2, 0.25) is 0 Å². The van der Waals surface area contributed by atoms with E-state index in [1.165, 1.54) is 12.8 Å². The predicted molar refractivity (Wildman–Crippen MR) is 61.6 cm³/mol. The summed E-state index contributed by atoms with van der Waals surface area (Å²) in [5, 5.41) is 9.73. The van der Waals surface area contributed by atoms with Crippen LogP contribution in [0.3, 0.4) is 0 Å². The molecule has 1 amide bonds.